The Kier molecular flexibility index (Phi) is 3.40. The fraction of sp³-hybridized carbons (Fsp3) is 0.250. The molecule has 0 aromatic heterocycles. The van der Waals surface area contributed by atoms with Crippen molar-refractivity contribution in [2.75, 3.05) is 0 Å². The predicted molar refractivity (Wildman–Crippen MR) is 74.0 cm³/mol. The molecule has 2 nitrogen and oxygen atoms in total. The van der Waals surface area contributed by atoms with Crippen LogP contribution in [-0.4, -0.2) is 0 Å². The van der Waals surface area contributed by atoms with Gasteiger partial charge >= 0.3 is 0 Å². The second-order valence-corrected chi connectivity index (χ2v) is 4.74. The molecule has 0 saturated heterocycles. The number of hydrogen-bond acceptors (Lipinski definition) is 2. The van der Waals surface area contributed by atoms with Crippen LogP contribution in [-0.2, 0) is 26.2 Å². The molecule has 2 aromatic carbocycles. The molecule has 0 fully saturated rings. The third-order valence-corrected chi connectivity index (χ3v) is 3.50. The van der Waals surface area contributed by atoms with Gasteiger partial charge in [0.1, 0.15) is 0 Å². The Balaban J connectivity index is 0.000000111. The van der Waals surface area contributed by atoms with Gasteiger partial charge in [0, 0.05) is 26.2 Å². The average Bonchev–Trinajstić information content (AvgIpc) is 3.08. The van der Waals surface area contributed by atoms with Crippen molar-refractivity contribution in [1.82, 2.24) is 10.6 Å². The lowest BCUT2D eigenvalue weighted by Crippen LogP contribution is -1.99. The van der Waals surface area contributed by atoms with Gasteiger partial charge in [-0.2, -0.15) is 0 Å². The molecule has 0 radical (unpaired) electrons. The van der Waals surface area contributed by atoms with E-state index < -0.39 is 0 Å². The Morgan fingerprint density at radius 2 is 0.778 bits per heavy atom. The van der Waals surface area contributed by atoms with E-state index in [1.54, 1.807) is 0 Å². The van der Waals surface area contributed by atoms with Gasteiger partial charge in [-0.25, -0.2) is 0 Å². The predicted octanol–water partition coefficient (Wildman–Crippen LogP) is 2.58. The average molecular weight is 238 g/mol. The van der Waals surface area contributed by atoms with E-state index in [1.807, 2.05) is 0 Å². The summed E-state index contributed by atoms with van der Waals surface area (Å²) < 4.78 is 0. The first kappa shape index (κ1) is 11.5. The number of hydrogen-bond donors (Lipinski definition) is 2. The lowest BCUT2D eigenvalue weighted by molar-refractivity contribution is 0.765. The summed E-state index contributed by atoms with van der Waals surface area (Å²) in [6, 6.07) is 17.1. The minimum Gasteiger partial charge on any atom is -0.309 e. The zero-order valence-corrected chi connectivity index (χ0v) is 10.4. The van der Waals surface area contributed by atoms with Gasteiger partial charge < -0.3 is 10.6 Å². The van der Waals surface area contributed by atoms with Crippen LogP contribution in [0.4, 0.5) is 0 Å². The van der Waals surface area contributed by atoms with Gasteiger partial charge in [0.25, 0.3) is 0 Å². The number of rotatable bonds is 0. The number of benzene rings is 2. The molecule has 0 unspecified atom stereocenters. The molecule has 0 aliphatic carbocycles. The van der Waals surface area contributed by atoms with Gasteiger partial charge in [0.15, 0.2) is 0 Å². The van der Waals surface area contributed by atoms with Crippen LogP contribution in [0.1, 0.15) is 22.3 Å². The van der Waals surface area contributed by atoms with Crippen LogP contribution in [0.2, 0.25) is 0 Å². The first-order chi connectivity index (χ1) is 8.93. The molecular formula is C16H18N2. The first-order valence-electron chi connectivity index (χ1n) is 6.48. The number of fused-ring (bicyclic) bond motifs is 2. The van der Waals surface area contributed by atoms with Crippen molar-refractivity contribution in [3.63, 3.8) is 0 Å². The van der Waals surface area contributed by atoms with Gasteiger partial charge in [-0.1, -0.05) is 48.5 Å². The molecule has 2 heterocycles. The van der Waals surface area contributed by atoms with E-state index in [2.05, 4.69) is 59.2 Å². The van der Waals surface area contributed by atoms with E-state index in [0.29, 0.717) is 0 Å². The minimum atomic E-state index is 1.05. The number of nitrogens with one attached hydrogen (secondary N) is 2. The van der Waals surface area contributed by atoms with E-state index >= 15 is 0 Å². The van der Waals surface area contributed by atoms with Gasteiger partial charge in [-0.05, 0) is 22.3 Å². The molecule has 0 spiro atoms. The van der Waals surface area contributed by atoms with Crippen molar-refractivity contribution >= 4 is 0 Å². The summed E-state index contributed by atoms with van der Waals surface area (Å²) in [5.74, 6) is 0. The molecule has 2 aliphatic heterocycles. The van der Waals surface area contributed by atoms with Gasteiger partial charge in [0.2, 0.25) is 0 Å². The highest BCUT2D eigenvalue weighted by Crippen LogP contribution is 2.13. The van der Waals surface area contributed by atoms with E-state index in [4.69, 9.17) is 0 Å². The SMILES string of the molecule is c1ccc2c(c1)CNC2.c1ccc2c(c1)CNC2. The molecule has 0 amide bonds. The van der Waals surface area contributed by atoms with Crippen LogP contribution < -0.4 is 10.6 Å². The summed E-state index contributed by atoms with van der Waals surface area (Å²) in [4.78, 5) is 0. The highest BCUT2D eigenvalue weighted by Gasteiger charge is 2.06. The normalized spacial score (nSPS) is 15.6. The molecule has 0 saturated carbocycles. The first-order valence-corrected chi connectivity index (χ1v) is 6.48. The lowest BCUT2D eigenvalue weighted by Gasteiger charge is -1.91. The molecule has 2 aliphatic rings. The van der Waals surface area contributed by atoms with Crippen LogP contribution in [0.15, 0.2) is 48.5 Å². The summed E-state index contributed by atoms with van der Waals surface area (Å²) in [7, 11) is 0. The van der Waals surface area contributed by atoms with Gasteiger partial charge in [-0.15, -0.1) is 0 Å². The summed E-state index contributed by atoms with van der Waals surface area (Å²) in [6.45, 7) is 4.21. The quantitative estimate of drug-likeness (QED) is 0.737. The molecule has 2 heteroatoms. The molecule has 0 atom stereocenters. The fourth-order valence-electron chi connectivity index (χ4n) is 2.47. The second-order valence-electron chi connectivity index (χ2n) is 4.74. The largest absolute Gasteiger partial charge is 0.309 e. The van der Waals surface area contributed by atoms with Crippen molar-refractivity contribution in [3.8, 4) is 0 Å². The molecular weight excluding hydrogens is 220 g/mol. The summed E-state index contributed by atoms with van der Waals surface area (Å²) in [5.41, 5.74) is 5.82. The smallest absolute Gasteiger partial charge is 0.0211 e. The van der Waals surface area contributed by atoms with Crippen molar-refractivity contribution < 1.29 is 0 Å². The molecule has 4 rings (SSSR count). The van der Waals surface area contributed by atoms with E-state index in [9.17, 15) is 0 Å². The lowest BCUT2D eigenvalue weighted by atomic mass is 10.1. The van der Waals surface area contributed by atoms with Crippen LogP contribution in [0.25, 0.3) is 0 Å². The van der Waals surface area contributed by atoms with Crippen LogP contribution in [0.3, 0.4) is 0 Å². The fourth-order valence-corrected chi connectivity index (χ4v) is 2.47. The van der Waals surface area contributed by atoms with E-state index in [0.717, 1.165) is 26.2 Å². The second kappa shape index (κ2) is 5.34. The van der Waals surface area contributed by atoms with E-state index in [1.165, 1.54) is 22.3 Å². The highest BCUT2D eigenvalue weighted by atomic mass is 14.9. The van der Waals surface area contributed by atoms with Gasteiger partial charge in [0.05, 0.1) is 0 Å². The van der Waals surface area contributed by atoms with Crippen LogP contribution >= 0.6 is 0 Å². The molecule has 2 N–H and O–H groups in total. The molecule has 18 heavy (non-hydrogen) atoms. The maximum atomic E-state index is 3.29. The third kappa shape index (κ3) is 2.45. The maximum absolute atomic E-state index is 3.29. The molecule has 2 aromatic rings. The van der Waals surface area contributed by atoms with Crippen LogP contribution in [0, 0.1) is 0 Å². The Bertz CT molecular complexity index is 439. The Labute approximate surface area is 108 Å². The van der Waals surface area contributed by atoms with Gasteiger partial charge in [-0.3, -0.25) is 0 Å². The maximum Gasteiger partial charge on any atom is 0.0211 e. The van der Waals surface area contributed by atoms with Crippen molar-refractivity contribution in [2.45, 2.75) is 26.2 Å². The standard InChI is InChI=1S/2C8H9N/c2*1-2-4-8-6-9-5-7(8)3-1/h2*1-4,9H,5-6H2. The summed E-state index contributed by atoms with van der Waals surface area (Å²) in [6.07, 6.45) is 0. The third-order valence-electron chi connectivity index (χ3n) is 3.50. The van der Waals surface area contributed by atoms with Crippen LogP contribution in [0.5, 0.6) is 0 Å². The topological polar surface area (TPSA) is 24.1 Å². The van der Waals surface area contributed by atoms with E-state index in [-0.39, 0.29) is 0 Å². The van der Waals surface area contributed by atoms with Crippen molar-refractivity contribution in [3.05, 3.63) is 70.8 Å². The Hall–Kier alpha value is -1.64. The molecule has 92 valence electrons. The van der Waals surface area contributed by atoms with Crippen molar-refractivity contribution in [2.24, 2.45) is 0 Å². The Morgan fingerprint density at radius 3 is 1.06 bits per heavy atom. The molecule has 0 bridgehead atoms. The monoisotopic (exact) mass is 238 g/mol. The zero-order valence-electron chi connectivity index (χ0n) is 10.4. The minimum absolute atomic E-state index is 1.05. The Morgan fingerprint density at radius 1 is 0.500 bits per heavy atom. The summed E-state index contributed by atoms with van der Waals surface area (Å²) in [5, 5.41) is 6.58. The highest BCUT2D eigenvalue weighted by molar-refractivity contribution is 5.30. The van der Waals surface area contributed by atoms with Crippen molar-refractivity contribution in [1.29, 1.82) is 0 Å². The summed E-state index contributed by atoms with van der Waals surface area (Å²) >= 11 is 0. The zero-order chi connectivity index (χ0) is 12.2.